The molecule has 19 heavy (non-hydrogen) atoms. The molecule has 0 bridgehead atoms. The van der Waals surface area contributed by atoms with E-state index in [1.54, 1.807) is 16.8 Å². The average Bonchev–Trinajstić information content (AvgIpc) is 2.58. The van der Waals surface area contributed by atoms with Crippen LogP contribution < -0.4 is 11.3 Å². The summed E-state index contributed by atoms with van der Waals surface area (Å²) in [6.07, 6.45) is 4.06. The highest BCUT2D eigenvalue weighted by Gasteiger charge is 2.14. The van der Waals surface area contributed by atoms with Crippen molar-refractivity contribution in [2.24, 2.45) is 0 Å². The minimum Gasteiger partial charge on any atom is -0.398 e. The van der Waals surface area contributed by atoms with Crippen LogP contribution in [0.2, 0.25) is 0 Å². The maximum Gasteiger partial charge on any atom is 0.250 e. The third-order valence-electron chi connectivity index (χ3n) is 3.42. The molecule has 1 unspecified atom stereocenters. The van der Waals surface area contributed by atoms with Gasteiger partial charge in [0.25, 0.3) is 5.56 Å². The molecule has 1 atom stereocenters. The van der Waals surface area contributed by atoms with Crippen LogP contribution in [0.1, 0.15) is 19.8 Å². The number of pyridine rings is 1. The smallest absolute Gasteiger partial charge is 0.250 e. The Balaban J connectivity index is 1.82. The lowest BCUT2D eigenvalue weighted by atomic mass is 10.3. The summed E-state index contributed by atoms with van der Waals surface area (Å²) in [6.45, 7) is 6.74. The fourth-order valence-corrected chi connectivity index (χ4v) is 2.47. The highest BCUT2D eigenvalue weighted by atomic mass is 16.5. The van der Waals surface area contributed by atoms with E-state index in [2.05, 4.69) is 11.8 Å². The third kappa shape index (κ3) is 4.36. The summed E-state index contributed by atoms with van der Waals surface area (Å²) in [7, 11) is 0. The van der Waals surface area contributed by atoms with Crippen molar-refractivity contribution in [3.63, 3.8) is 0 Å². The van der Waals surface area contributed by atoms with E-state index < -0.39 is 0 Å². The molecule has 1 aromatic rings. The molecule has 5 heteroatoms. The number of aromatic nitrogens is 1. The third-order valence-corrected chi connectivity index (χ3v) is 3.42. The monoisotopic (exact) mass is 265 g/mol. The van der Waals surface area contributed by atoms with Crippen LogP contribution in [0.4, 0.5) is 5.69 Å². The van der Waals surface area contributed by atoms with Crippen molar-refractivity contribution in [3.05, 3.63) is 28.7 Å². The Labute approximate surface area is 114 Å². The number of ether oxygens (including phenoxy) is 1. The first kappa shape index (κ1) is 14.1. The molecule has 2 rings (SSSR count). The van der Waals surface area contributed by atoms with Crippen LogP contribution in [0.15, 0.2) is 23.1 Å². The predicted octanol–water partition coefficient (Wildman–Crippen LogP) is 0.931. The second-order valence-corrected chi connectivity index (χ2v) is 5.18. The number of rotatable bonds is 4. The Kier molecular flexibility index (Phi) is 4.99. The normalized spacial score (nSPS) is 21.2. The van der Waals surface area contributed by atoms with E-state index in [4.69, 9.17) is 10.5 Å². The fourth-order valence-electron chi connectivity index (χ4n) is 2.47. The average molecular weight is 265 g/mol. The van der Waals surface area contributed by atoms with E-state index in [-0.39, 0.29) is 5.56 Å². The van der Waals surface area contributed by atoms with Crippen molar-refractivity contribution >= 4 is 5.69 Å². The standard InChI is InChI=1S/C14H23N3O2/c1-12-10-16(7-3-9-19-12)6-2-8-17-11-13(15)4-5-14(17)18/h4-5,11-12H,2-3,6-10,15H2,1H3. The van der Waals surface area contributed by atoms with E-state index in [0.29, 0.717) is 11.8 Å². The Morgan fingerprint density at radius 1 is 1.42 bits per heavy atom. The van der Waals surface area contributed by atoms with Crippen LogP contribution >= 0.6 is 0 Å². The van der Waals surface area contributed by atoms with Crippen LogP contribution in [-0.2, 0) is 11.3 Å². The molecule has 1 fully saturated rings. The van der Waals surface area contributed by atoms with Gasteiger partial charge in [0.2, 0.25) is 0 Å². The highest BCUT2D eigenvalue weighted by Crippen LogP contribution is 2.06. The lowest BCUT2D eigenvalue weighted by molar-refractivity contribution is 0.0675. The maximum atomic E-state index is 11.6. The first-order chi connectivity index (χ1) is 9.15. The number of nitrogen functional groups attached to an aromatic ring is 1. The maximum absolute atomic E-state index is 11.6. The number of aryl methyl sites for hydroxylation is 1. The molecule has 0 aromatic carbocycles. The summed E-state index contributed by atoms with van der Waals surface area (Å²) in [4.78, 5) is 14.0. The van der Waals surface area contributed by atoms with Gasteiger partial charge >= 0.3 is 0 Å². The van der Waals surface area contributed by atoms with E-state index in [0.717, 1.165) is 45.6 Å². The van der Waals surface area contributed by atoms with Crippen molar-refractivity contribution in [2.75, 3.05) is 32.0 Å². The number of hydrogen-bond acceptors (Lipinski definition) is 4. The van der Waals surface area contributed by atoms with Gasteiger partial charge in [0.1, 0.15) is 0 Å². The summed E-state index contributed by atoms with van der Waals surface area (Å²) in [6, 6.07) is 3.17. The minimum absolute atomic E-state index is 0.0155. The molecular weight excluding hydrogens is 242 g/mol. The van der Waals surface area contributed by atoms with Crippen LogP contribution in [-0.4, -0.2) is 41.8 Å². The van der Waals surface area contributed by atoms with Gasteiger partial charge in [-0.1, -0.05) is 0 Å². The quantitative estimate of drug-likeness (QED) is 0.880. The van der Waals surface area contributed by atoms with Gasteiger partial charge in [-0.2, -0.15) is 0 Å². The molecule has 0 aliphatic carbocycles. The van der Waals surface area contributed by atoms with Crippen molar-refractivity contribution in [1.82, 2.24) is 9.47 Å². The first-order valence-corrected chi connectivity index (χ1v) is 6.95. The van der Waals surface area contributed by atoms with E-state index in [9.17, 15) is 4.79 Å². The number of nitrogens with zero attached hydrogens (tertiary/aromatic N) is 2. The molecule has 1 saturated heterocycles. The summed E-state index contributed by atoms with van der Waals surface area (Å²) in [5.74, 6) is 0. The molecule has 2 N–H and O–H groups in total. The zero-order valence-corrected chi connectivity index (χ0v) is 11.5. The highest BCUT2D eigenvalue weighted by molar-refractivity contribution is 5.33. The second-order valence-electron chi connectivity index (χ2n) is 5.18. The lowest BCUT2D eigenvalue weighted by Gasteiger charge is -2.21. The van der Waals surface area contributed by atoms with Crippen molar-refractivity contribution < 1.29 is 4.74 Å². The fraction of sp³-hybridized carbons (Fsp3) is 0.643. The Morgan fingerprint density at radius 2 is 2.26 bits per heavy atom. The van der Waals surface area contributed by atoms with Crippen LogP contribution in [0, 0.1) is 0 Å². The molecule has 0 spiro atoms. The van der Waals surface area contributed by atoms with E-state index in [1.807, 2.05) is 0 Å². The number of anilines is 1. The Hall–Kier alpha value is -1.33. The largest absolute Gasteiger partial charge is 0.398 e. The molecule has 0 radical (unpaired) electrons. The minimum atomic E-state index is 0.0155. The first-order valence-electron chi connectivity index (χ1n) is 6.95. The predicted molar refractivity (Wildman–Crippen MR) is 76.2 cm³/mol. The van der Waals surface area contributed by atoms with Crippen molar-refractivity contribution in [3.8, 4) is 0 Å². The Bertz CT molecular complexity index is 458. The Morgan fingerprint density at radius 3 is 3.11 bits per heavy atom. The van der Waals surface area contributed by atoms with Gasteiger partial charge in [0, 0.05) is 44.2 Å². The van der Waals surface area contributed by atoms with Gasteiger partial charge in [0.05, 0.1) is 6.10 Å². The lowest BCUT2D eigenvalue weighted by Crippen LogP contribution is -2.32. The van der Waals surface area contributed by atoms with Crippen LogP contribution in [0.25, 0.3) is 0 Å². The van der Waals surface area contributed by atoms with Crippen LogP contribution in [0.5, 0.6) is 0 Å². The van der Waals surface area contributed by atoms with E-state index >= 15 is 0 Å². The molecule has 0 saturated carbocycles. The molecular formula is C14H23N3O2. The second kappa shape index (κ2) is 6.73. The zero-order chi connectivity index (χ0) is 13.7. The topological polar surface area (TPSA) is 60.5 Å². The molecule has 1 aromatic heterocycles. The van der Waals surface area contributed by atoms with Gasteiger partial charge in [0.15, 0.2) is 0 Å². The van der Waals surface area contributed by atoms with Crippen LogP contribution in [0.3, 0.4) is 0 Å². The zero-order valence-electron chi connectivity index (χ0n) is 11.5. The molecule has 1 aliphatic heterocycles. The summed E-state index contributed by atoms with van der Waals surface area (Å²) < 4.78 is 7.31. The molecule has 5 nitrogen and oxygen atoms in total. The van der Waals surface area contributed by atoms with E-state index in [1.165, 1.54) is 6.07 Å². The number of nitrogens with two attached hydrogens (primary N) is 1. The van der Waals surface area contributed by atoms with Gasteiger partial charge in [-0.3, -0.25) is 4.79 Å². The summed E-state index contributed by atoms with van der Waals surface area (Å²) in [5, 5.41) is 0. The number of hydrogen-bond donors (Lipinski definition) is 1. The summed E-state index contributed by atoms with van der Waals surface area (Å²) in [5.41, 5.74) is 6.35. The van der Waals surface area contributed by atoms with Crippen molar-refractivity contribution in [2.45, 2.75) is 32.4 Å². The van der Waals surface area contributed by atoms with Crippen molar-refractivity contribution in [1.29, 1.82) is 0 Å². The van der Waals surface area contributed by atoms with Gasteiger partial charge < -0.3 is 19.9 Å². The van der Waals surface area contributed by atoms with Gasteiger partial charge in [-0.25, -0.2) is 0 Å². The molecule has 1 aliphatic rings. The SMILES string of the molecule is CC1CN(CCCn2cc(N)ccc2=O)CCCO1. The molecule has 0 amide bonds. The van der Waals surface area contributed by atoms with Gasteiger partial charge in [-0.05, 0) is 32.4 Å². The summed E-state index contributed by atoms with van der Waals surface area (Å²) >= 11 is 0. The van der Waals surface area contributed by atoms with Gasteiger partial charge in [-0.15, -0.1) is 0 Å². The molecule has 2 heterocycles. The molecule has 106 valence electrons.